The largest absolute Gasteiger partial charge is 0.480 e. The van der Waals surface area contributed by atoms with Crippen LogP contribution in [0.25, 0.3) is 0 Å². The Bertz CT molecular complexity index is 338. The number of amides is 2. The standard InChI is InChI=1S/C14H26N2O4/c1-4-20-9-11(3)15-13(19)16-14(12(17)18)7-5-10(2)6-8-14/h10-11H,4-9H2,1-3H3,(H,17,18)(H2,15,16,19). The Hall–Kier alpha value is -1.30. The number of carbonyl (C=O) groups excluding carboxylic acids is 1. The summed E-state index contributed by atoms with van der Waals surface area (Å²) in [4.78, 5) is 23.4. The molecule has 6 nitrogen and oxygen atoms in total. The van der Waals surface area contributed by atoms with Crippen LogP contribution in [0.3, 0.4) is 0 Å². The topological polar surface area (TPSA) is 87.7 Å². The number of ether oxygens (including phenoxy) is 1. The van der Waals surface area contributed by atoms with E-state index in [-0.39, 0.29) is 6.04 Å². The van der Waals surface area contributed by atoms with Crippen molar-refractivity contribution in [2.24, 2.45) is 5.92 Å². The number of urea groups is 1. The Morgan fingerprint density at radius 1 is 1.40 bits per heavy atom. The third-order valence-corrected chi connectivity index (χ3v) is 3.84. The van der Waals surface area contributed by atoms with Gasteiger partial charge < -0.3 is 20.5 Å². The maximum Gasteiger partial charge on any atom is 0.329 e. The lowest BCUT2D eigenvalue weighted by Crippen LogP contribution is -2.59. The van der Waals surface area contributed by atoms with Gasteiger partial charge in [0.25, 0.3) is 0 Å². The average Bonchev–Trinajstić information content (AvgIpc) is 2.39. The molecule has 1 saturated carbocycles. The first-order valence-electron chi connectivity index (χ1n) is 7.29. The summed E-state index contributed by atoms with van der Waals surface area (Å²) in [6.07, 6.45) is 2.61. The van der Waals surface area contributed by atoms with Crippen molar-refractivity contribution in [3.63, 3.8) is 0 Å². The molecule has 6 heteroatoms. The highest BCUT2D eigenvalue weighted by Gasteiger charge is 2.42. The van der Waals surface area contributed by atoms with Gasteiger partial charge in [-0.2, -0.15) is 0 Å². The second-order valence-corrected chi connectivity index (χ2v) is 5.73. The van der Waals surface area contributed by atoms with Gasteiger partial charge in [0.05, 0.1) is 12.6 Å². The molecule has 0 saturated heterocycles. The Labute approximate surface area is 120 Å². The summed E-state index contributed by atoms with van der Waals surface area (Å²) >= 11 is 0. The van der Waals surface area contributed by atoms with Crippen molar-refractivity contribution in [1.29, 1.82) is 0 Å². The van der Waals surface area contributed by atoms with Gasteiger partial charge in [-0.25, -0.2) is 9.59 Å². The molecule has 1 aliphatic rings. The molecule has 0 aromatic carbocycles. The number of aliphatic carboxylic acids is 1. The maximum atomic E-state index is 11.9. The quantitative estimate of drug-likeness (QED) is 0.694. The van der Waals surface area contributed by atoms with Crippen LogP contribution in [0.2, 0.25) is 0 Å². The first-order chi connectivity index (χ1) is 9.39. The molecule has 2 amide bonds. The average molecular weight is 286 g/mol. The second-order valence-electron chi connectivity index (χ2n) is 5.73. The van der Waals surface area contributed by atoms with E-state index < -0.39 is 17.5 Å². The van der Waals surface area contributed by atoms with E-state index in [1.807, 2.05) is 13.8 Å². The molecular formula is C14H26N2O4. The Kier molecular flexibility index (Phi) is 6.26. The number of hydrogen-bond acceptors (Lipinski definition) is 3. The summed E-state index contributed by atoms with van der Waals surface area (Å²) in [6.45, 7) is 6.82. The monoisotopic (exact) mass is 286 g/mol. The molecular weight excluding hydrogens is 260 g/mol. The number of hydrogen-bond donors (Lipinski definition) is 3. The fourth-order valence-corrected chi connectivity index (χ4v) is 2.46. The van der Waals surface area contributed by atoms with Crippen molar-refractivity contribution in [3.8, 4) is 0 Å². The normalized spacial score (nSPS) is 27.6. The van der Waals surface area contributed by atoms with Gasteiger partial charge in [0.2, 0.25) is 0 Å². The van der Waals surface area contributed by atoms with E-state index in [1.54, 1.807) is 0 Å². The molecule has 0 heterocycles. The van der Waals surface area contributed by atoms with Crippen LogP contribution in [0.4, 0.5) is 4.79 Å². The lowest BCUT2D eigenvalue weighted by Gasteiger charge is -2.36. The van der Waals surface area contributed by atoms with Crippen molar-refractivity contribution in [1.82, 2.24) is 10.6 Å². The fraction of sp³-hybridized carbons (Fsp3) is 0.857. The third kappa shape index (κ3) is 4.67. The van der Waals surface area contributed by atoms with E-state index in [9.17, 15) is 14.7 Å². The van der Waals surface area contributed by atoms with Crippen molar-refractivity contribution < 1.29 is 19.4 Å². The van der Waals surface area contributed by atoms with Crippen molar-refractivity contribution in [2.75, 3.05) is 13.2 Å². The minimum atomic E-state index is -1.12. The van der Waals surface area contributed by atoms with Crippen molar-refractivity contribution in [2.45, 2.75) is 58.0 Å². The highest BCUT2D eigenvalue weighted by atomic mass is 16.5. The predicted molar refractivity (Wildman–Crippen MR) is 75.6 cm³/mol. The SMILES string of the molecule is CCOCC(C)NC(=O)NC1(C(=O)O)CCC(C)CC1. The van der Waals surface area contributed by atoms with E-state index in [0.29, 0.717) is 32.0 Å². The van der Waals surface area contributed by atoms with Crippen LogP contribution in [0, 0.1) is 5.92 Å². The number of rotatable bonds is 6. The predicted octanol–water partition coefficient (Wildman–Crippen LogP) is 1.74. The van der Waals surface area contributed by atoms with Crippen LogP contribution < -0.4 is 10.6 Å². The van der Waals surface area contributed by atoms with Crippen LogP contribution >= 0.6 is 0 Å². The van der Waals surface area contributed by atoms with Crippen LogP contribution in [0.5, 0.6) is 0 Å². The lowest BCUT2D eigenvalue weighted by molar-refractivity contribution is -0.146. The van der Waals surface area contributed by atoms with Gasteiger partial charge in [0.1, 0.15) is 5.54 Å². The van der Waals surface area contributed by atoms with E-state index in [4.69, 9.17) is 4.74 Å². The zero-order valence-corrected chi connectivity index (χ0v) is 12.6. The van der Waals surface area contributed by atoms with Crippen LogP contribution in [0.15, 0.2) is 0 Å². The highest BCUT2D eigenvalue weighted by molar-refractivity contribution is 5.86. The molecule has 0 aromatic rings. The molecule has 116 valence electrons. The molecule has 1 aliphatic carbocycles. The van der Waals surface area contributed by atoms with E-state index in [2.05, 4.69) is 17.6 Å². The Morgan fingerprint density at radius 2 is 2.00 bits per heavy atom. The van der Waals surface area contributed by atoms with Gasteiger partial charge in [-0.05, 0) is 45.4 Å². The van der Waals surface area contributed by atoms with Crippen molar-refractivity contribution >= 4 is 12.0 Å². The van der Waals surface area contributed by atoms with Gasteiger partial charge in [-0.15, -0.1) is 0 Å². The van der Waals surface area contributed by atoms with Gasteiger partial charge in [-0.3, -0.25) is 0 Å². The lowest BCUT2D eigenvalue weighted by atomic mass is 9.77. The van der Waals surface area contributed by atoms with Crippen molar-refractivity contribution in [3.05, 3.63) is 0 Å². The zero-order chi connectivity index (χ0) is 15.2. The number of carboxylic acids is 1. The zero-order valence-electron chi connectivity index (χ0n) is 12.6. The maximum absolute atomic E-state index is 11.9. The second kappa shape index (κ2) is 7.47. The van der Waals surface area contributed by atoms with Gasteiger partial charge in [0, 0.05) is 6.61 Å². The minimum absolute atomic E-state index is 0.150. The summed E-state index contributed by atoms with van der Waals surface area (Å²) in [5.74, 6) is -0.429. The number of carbonyl (C=O) groups is 2. The first-order valence-corrected chi connectivity index (χ1v) is 7.29. The molecule has 1 unspecified atom stereocenters. The minimum Gasteiger partial charge on any atom is -0.480 e. The first kappa shape index (κ1) is 16.8. The summed E-state index contributed by atoms with van der Waals surface area (Å²) in [5, 5.41) is 14.8. The van der Waals surface area contributed by atoms with E-state index in [0.717, 1.165) is 12.8 Å². The summed E-state index contributed by atoms with van der Waals surface area (Å²) < 4.78 is 5.21. The van der Waals surface area contributed by atoms with Crippen LogP contribution in [0.1, 0.15) is 46.5 Å². The molecule has 1 fully saturated rings. The van der Waals surface area contributed by atoms with E-state index >= 15 is 0 Å². The molecule has 20 heavy (non-hydrogen) atoms. The summed E-state index contributed by atoms with van der Waals surface area (Å²) in [6, 6.07) is -0.586. The molecule has 3 N–H and O–H groups in total. The molecule has 0 aliphatic heterocycles. The fourth-order valence-electron chi connectivity index (χ4n) is 2.46. The highest BCUT2D eigenvalue weighted by Crippen LogP contribution is 2.32. The molecule has 0 radical (unpaired) electrons. The Morgan fingerprint density at radius 3 is 2.50 bits per heavy atom. The smallest absolute Gasteiger partial charge is 0.329 e. The van der Waals surface area contributed by atoms with Crippen LogP contribution in [-0.4, -0.2) is 41.9 Å². The Balaban J connectivity index is 2.54. The van der Waals surface area contributed by atoms with Gasteiger partial charge in [0.15, 0.2) is 0 Å². The summed E-state index contributed by atoms with van der Waals surface area (Å²) in [7, 11) is 0. The van der Waals surface area contributed by atoms with Gasteiger partial charge in [-0.1, -0.05) is 6.92 Å². The van der Waals surface area contributed by atoms with E-state index in [1.165, 1.54) is 0 Å². The third-order valence-electron chi connectivity index (χ3n) is 3.84. The van der Waals surface area contributed by atoms with Gasteiger partial charge >= 0.3 is 12.0 Å². The number of carboxylic acid groups (broad SMARTS) is 1. The summed E-state index contributed by atoms with van der Waals surface area (Å²) in [5.41, 5.74) is -1.12. The molecule has 0 bridgehead atoms. The number of nitrogens with one attached hydrogen (secondary N) is 2. The molecule has 1 atom stereocenters. The molecule has 0 aromatic heterocycles. The van der Waals surface area contributed by atoms with Crippen LogP contribution in [-0.2, 0) is 9.53 Å². The molecule has 0 spiro atoms. The molecule has 1 rings (SSSR count).